The number of hydrogen-bond donors (Lipinski definition) is 0. The van der Waals surface area contributed by atoms with Gasteiger partial charge in [0.05, 0.1) is 0 Å². The van der Waals surface area contributed by atoms with Crippen LogP contribution in [0.2, 0.25) is 0 Å². The highest BCUT2D eigenvalue weighted by molar-refractivity contribution is 5.82. The molecule has 1 unspecified atom stereocenters. The Bertz CT molecular complexity index is 1880. The van der Waals surface area contributed by atoms with Gasteiger partial charge in [-0.15, -0.1) is 0 Å². The number of allylic oxidation sites excluding steroid dienone is 1. The maximum atomic E-state index is 3.84. The number of rotatable bonds is 3. The van der Waals surface area contributed by atoms with E-state index in [0.29, 0.717) is 0 Å². The first-order chi connectivity index (χ1) is 18.2. The lowest BCUT2D eigenvalue weighted by molar-refractivity contribution is 1.01. The predicted molar refractivity (Wildman–Crippen MR) is 154 cm³/mol. The molecular formula is C37H27. The molecule has 0 saturated carbocycles. The van der Waals surface area contributed by atoms with Crippen LogP contribution < -0.4 is 10.4 Å². The van der Waals surface area contributed by atoms with Crippen LogP contribution in [0.25, 0.3) is 17.7 Å². The van der Waals surface area contributed by atoms with Crippen molar-refractivity contribution in [1.82, 2.24) is 0 Å². The van der Waals surface area contributed by atoms with Crippen molar-refractivity contribution in [3.63, 3.8) is 0 Å². The summed E-state index contributed by atoms with van der Waals surface area (Å²) in [4.78, 5) is 0. The van der Waals surface area contributed by atoms with Crippen molar-refractivity contribution in [2.75, 3.05) is 0 Å². The second kappa shape index (κ2) is 8.61. The second-order valence-corrected chi connectivity index (χ2v) is 10.1. The molecule has 0 saturated heterocycles. The van der Waals surface area contributed by atoms with Crippen molar-refractivity contribution in [3.05, 3.63) is 181 Å². The third-order valence-electron chi connectivity index (χ3n) is 7.77. The number of aryl methyl sites for hydroxylation is 2. The fourth-order valence-corrected chi connectivity index (χ4v) is 6.28. The zero-order chi connectivity index (χ0) is 24.9. The molecule has 0 amide bonds. The van der Waals surface area contributed by atoms with E-state index in [2.05, 4.69) is 141 Å². The zero-order valence-electron chi connectivity index (χ0n) is 21.1. The minimum atomic E-state index is 0.171. The van der Waals surface area contributed by atoms with E-state index in [-0.39, 0.29) is 5.92 Å². The fourth-order valence-electron chi connectivity index (χ4n) is 6.28. The van der Waals surface area contributed by atoms with Crippen molar-refractivity contribution in [1.29, 1.82) is 0 Å². The molecule has 37 heavy (non-hydrogen) atoms. The summed E-state index contributed by atoms with van der Waals surface area (Å²) >= 11 is 0. The molecule has 0 fully saturated rings. The Hall–Kier alpha value is -4.42. The Labute approximate surface area is 217 Å². The van der Waals surface area contributed by atoms with Gasteiger partial charge in [-0.2, -0.15) is 0 Å². The molecule has 1 radical (unpaired) electrons. The minimum Gasteiger partial charge on any atom is -0.0720 e. The lowest BCUT2D eigenvalue weighted by atomic mass is 9.82. The van der Waals surface area contributed by atoms with Gasteiger partial charge in [-0.05, 0) is 85.3 Å². The van der Waals surface area contributed by atoms with Gasteiger partial charge >= 0.3 is 0 Å². The van der Waals surface area contributed by atoms with Crippen LogP contribution in [-0.4, -0.2) is 0 Å². The molecule has 5 aromatic carbocycles. The molecule has 0 spiro atoms. The molecule has 0 aromatic heterocycles. The molecule has 1 atom stereocenters. The van der Waals surface area contributed by atoms with Crippen LogP contribution in [0, 0.1) is 24.3 Å². The van der Waals surface area contributed by atoms with Crippen LogP contribution in [-0.2, 0) is 0 Å². The maximum absolute atomic E-state index is 3.84. The van der Waals surface area contributed by atoms with Gasteiger partial charge in [0.2, 0.25) is 0 Å². The first-order valence-electron chi connectivity index (χ1n) is 13.0. The quantitative estimate of drug-likeness (QED) is 0.260. The SMILES string of the molecule is Cc1cc(C)c2c(c1)C=CC2c1c2c(ccc1=C(c1ccccc1)c1ccccc1)=c1ccccc1=[C]2. The first-order valence-corrected chi connectivity index (χ1v) is 13.0. The van der Waals surface area contributed by atoms with Gasteiger partial charge in [-0.3, -0.25) is 0 Å². The maximum Gasteiger partial charge on any atom is 0.0293 e. The zero-order valence-corrected chi connectivity index (χ0v) is 21.1. The van der Waals surface area contributed by atoms with E-state index >= 15 is 0 Å². The van der Waals surface area contributed by atoms with E-state index in [1.807, 2.05) is 0 Å². The molecule has 0 nitrogen and oxygen atoms in total. The van der Waals surface area contributed by atoms with E-state index in [9.17, 15) is 0 Å². The molecule has 0 N–H and O–H groups in total. The monoisotopic (exact) mass is 471 g/mol. The summed E-state index contributed by atoms with van der Waals surface area (Å²) in [5, 5.41) is 5.01. The highest BCUT2D eigenvalue weighted by Crippen LogP contribution is 2.39. The Balaban J connectivity index is 1.67. The van der Waals surface area contributed by atoms with Crippen LogP contribution in [0.3, 0.4) is 0 Å². The van der Waals surface area contributed by atoms with E-state index in [1.54, 1.807) is 0 Å². The summed E-state index contributed by atoms with van der Waals surface area (Å²) < 4.78 is 0. The van der Waals surface area contributed by atoms with Gasteiger partial charge in [0.15, 0.2) is 0 Å². The van der Waals surface area contributed by atoms with Gasteiger partial charge in [0.1, 0.15) is 0 Å². The summed E-state index contributed by atoms with van der Waals surface area (Å²) in [6, 6.07) is 39.6. The lowest BCUT2D eigenvalue weighted by Crippen LogP contribution is -2.20. The van der Waals surface area contributed by atoms with Gasteiger partial charge in [-0.25, -0.2) is 0 Å². The largest absolute Gasteiger partial charge is 0.0720 e. The third kappa shape index (κ3) is 3.52. The summed E-state index contributed by atoms with van der Waals surface area (Å²) in [5.41, 5.74) is 11.7. The van der Waals surface area contributed by atoms with Crippen molar-refractivity contribution >= 4 is 17.7 Å². The molecule has 0 heterocycles. The molecule has 5 aromatic rings. The molecule has 7 rings (SSSR count). The molecule has 2 aliphatic carbocycles. The topological polar surface area (TPSA) is 0 Å². The Morgan fingerprint density at radius 2 is 1.32 bits per heavy atom. The Kier molecular flexibility index (Phi) is 5.08. The molecule has 0 heteroatoms. The van der Waals surface area contributed by atoms with Gasteiger partial charge in [-0.1, -0.05) is 127 Å². The van der Waals surface area contributed by atoms with Gasteiger partial charge in [0, 0.05) is 5.92 Å². The van der Waals surface area contributed by atoms with E-state index in [1.165, 1.54) is 71.0 Å². The van der Waals surface area contributed by atoms with Crippen molar-refractivity contribution in [2.24, 2.45) is 0 Å². The van der Waals surface area contributed by atoms with Crippen LogP contribution in [0.5, 0.6) is 0 Å². The van der Waals surface area contributed by atoms with Gasteiger partial charge < -0.3 is 0 Å². The second-order valence-electron chi connectivity index (χ2n) is 10.1. The highest BCUT2D eigenvalue weighted by Gasteiger charge is 2.27. The van der Waals surface area contributed by atoms with Crippen LogP contribution in [0.4, 0.5) is 0 Å². The average Bonchev–Trinajstić information content (AvgIpc) is 3.52. The molecule has 0 bridgehead atoms. The smallest absolute Gasteiger partial charge is 0.0293 e. The third-order valence-corrected chi connectivity index (χ3v) is 7.77. The van der Waals surface area contributed by atoms with Crippen LogP contribution in [0.1, 0.15) is 50.4 Å². The number of hydrogen-bond acceptors (Lipinski definition) is 0. The molecule has 2 aliphatic rings. The Morgan fingerprint density at radius 1 is 0.649 bits per heavy atom. The normalized spacial score (nSPS) is 14.6. The van der Waals surface area contributed by atoms with Crippen molar-refractivity contribution in [2.45, 2.75) is 19.8 Å². The average molecular weight is 472 g/mol. The van der Waals surface area contributed by atoms with Crippen molar-refractivity contribution in [3.8, 4) is 0 Å². The Morgan fingerprint density at radius 3 is 2.05 bits per heavy atom. The summed E-state index contributed by atoms with van der Waals surface area (Å²) in [6.07, 6.45) is 8.55. The number of fused-ring (bicyclic) bond motifs is 3. The van der Waals surface area contributed by atoms with Gasteiger partial charge in [0.25, 0.3) is 0 Å². The fraction of sp³-hybridized carbons (Fsp3) is 0.0811. The van der Waals surface area contributed by atoms with Crippen LogP contribution >= 0.6 is 0 Å². The van der Waals surface area contributed by atoms with E-state index < -0.39 is 0 Å². The van der Waals surface area contributed by atoms with Crippen LogP contribution in [0.15, 0.2) is 115 Å². The molecule has 175 valence electrons. The highest BCUT2D eigenvalue weighted by atomic mass is 14.3. The van der Waals surface area contributed by atoms with E-state index in [0.717, 1.165) is 0 Å². The molecule has 0 aliphatic heterocycles. The standard InChI is InChI=1S/C37H27/c1-24-21-25(2)35-29(22-24)17-18-32(35)37-33(20-19-31-30-16-10-9-15-28(30)23-34(31)37)36(26-11-5-3-6-12-26)27-13-7-4-8-14-27/h3-22,32H,1-2H3. The summed E-state index contributed by atoms with van der Waals surface area (Å²) in [5.74, 6) is 0.171. The van der Waals surface area contributed by atoms with E-state index in [4.69, 9.17) is 0 Å². The summed E-state index contributed by atoms with van der Waals surface area (Å²) in [7, 11) is 0. The lowest BCUT2D eigenvalue weighted by Gasteiger charge is -2.20. The minimum absolute atomic E-state index is 0.171. The first kappa shape index (κ1) is 21.8. The van der Waals surface area contributed by atoms with Crippen molar-refractivity contribution < 1.29 is 0 Å². The number of benzene rings is 5. The summed E-state index contributed by atoms with van der Waals surface area (Å²) in [6.45, 7) is 4.45. The molecular weight excluding hydrogens is 444 g/mol. The predicted octanol–water partition coefficient (Wildman–Crippen LogP) is 7.02.